The lowest BCUT2D eigenvalue weighted by Crippen LogP contribution is -3.08. The molecule has 28 heavy (non-hydrogen) atoms. The first-order valence-electron chi connectivity index (χ1n) is 9.70. The largest absolute Gasteiger partial charge is 0.326 e. The fourth-order valence-electron chi connectivity index (χ4n) is 3.45. The van der Waals surface area contributed by atoms with Crippen molar-refractivity contribution in [3.05, 3.63) is 60.2 Å². The molecular formula is C21H28N3O3S+. The van der Waals surface area contributed by atoms with E-state index in [1.807, 2.05) is 37.4 Å². The van der Waals surface area contributed by atoms with Crippen molar-refractivity contribution in [2.24, 2.45) is 0 Å². The minimum absolute atomic E-state index is 0.0972. The molecule has 7 heteroatoms. The molecule has 0 saturated carbocycles. The third kappa shape index (κ3) is 5.41. The van der Waals surface area contributed by atoms with Gasteiger partial charge in [-0.05, 0) is 37.1 Å². The highest BCUT2D eigenvalue weighted by Crippen LogP contribution is 2.21. The Morgan fingerprint density at radius 3 is 2.29 bits per heavy atom. The van der Waals surface area contributed by atoms with E-state index in [1.165, 1.54) is 5.56 Å². The molecule has 1 aliphatic rings. The molecule has 0 bridgehead atoms. The Balaban J connectivity index is 1.55. The SMILES string of the molecule is C[NH+](CC(=O)Nc1ccc(S(=O)(=O)N2CCCCC2)cc1)Cc1ccccc1. The van der Waals surface area contributed by atoms with E-state index < -0.39 is 10.0 Å². The normalized spacial score (nSPS) is 16.5. The van der Waals surface area contributed by atoms with Crippen LogP contribution in [0.25, 0.3) is 0 Å². The molecule has 1 aliphatic heterocycles. The molecule has 1 saturated heterocycles. The highest BCUT2D eigenvalue weighted by Gasteiger charge is 2.25. The van der Waals surface area contributed by atoms with Crippen molar-refractivity contribution in [2.45, 2.75) is 30.7 Å². The number of likely N-dealkylation sites (N-methyl/N-ethyl adjacent to an activating group) is 1. The first-order chi connectivity index (χ1) is 13.4. The number of hydrogen-bond acceptors (Lipinski definition) is 3. The summed E-state index contributed by atoms with van der Waals surface area (Å²) in [6.07, 6.45) is 2.90. The molecule has 1 heterocycles. The van der Waals surface area contributed by atoms with E-state index in [0.717, 1.165) is 30.7 Å². The minimum Gasteiger partial charge on any atom is -0.326 e. The van der Waals surface area contributed by atoms with Gasteiger partial charge in [0, 0.05) is 24.3 Å². The molecule has 0 spiro atoms. The van der Waals surface area contributed by atoms with Gasteiger partial charge in [0.1, 0.15) is 6.54 Å². The molecule has 1 fully saturated rings. The average Bonchev–Trinajstić information content (AvgIpc) is 2.69. The van der Waals surface area contributed by atoms with Gasteiger partial charge in [-0.2, -0.15) is 4.31 Å². The number of sulfonamides is 1. The second-order valence-electron chi connectivity index (χ2n) is 7.33. The summed E-state index contributed by atoms with van der Waals surface area (Å²) in [6, 6.07) is 16.5. The van der Waals surface area contributed by atoms with Gasteiger partial charge in [-0.3, -0.25) is 4.79 Å². The number of piperidine rings is 1. The third-order valence-electron chi connectivity index (χ3n) is 4.90. The van der Waals surface area contributed by atoms with Crippen molar-refractivity contribution in [1.82, 2.24) is 4.31 Å². The molecule has 3 rings (SSSR count). The number of nitrogens with one attached hydrogen (secondary N) is 2. The molecule has 6 nitrogen and oxygen atoms in total. The Kier molecular flexibility index (Phi) is 6.83. The van der Waals surface area contributed by atoms with Crippen LogP contribution in [0.15, 0.2) is 59.5 Å². The standard InChI is InChI=1S/C21H27N3O3S/c1-23(16-18-8-4-2-5-9-18)17-21(25)22-19-10-12-20(13-11-19)28(26,27)24-14-6-3-7-15-24/h2,4-5,8-13H,3,6-7,14-17H2,1H3,(H,22,25)/p+1. The number of nitrogens with zero attached hydrogens (tertiary/aromatic N) is 1. The van der Waals surface area contributed by atoms with Crippen LogP contribution in [-0.2, 0) is 21.4 Å². The van der Waals surface area contributed by atoms with Crippen LogP contribution in [0, 0.1) is 0 Å². The van der Waals surface area contributed by atoms with Crippen LogP contribution < -0.4 is 10.2 Å². The predicted molar refractivity (Wildman–Crippen MR) is 110 cm³/mol. The van der Waals surface area contributed by atoms with Crippen molar-refractivity contribution in [3.63, 3.8) is 0 Å². The molecule has 0 radical (unpaired) electrons. The molecule has 1 atom stereocenters. The van der Waals surface area contributed by atoms with E-state index in [4.69, 9.17) is 0 Å². The van der Waals surface area contributed by atoms with Crippen molar-refractivity contribution < 1.29 is 18.1 Å². The average molecular weight is 403 g/mol. The monoisotopic (exact) mass is 402 g/mol. The van der Waals surface area contributed by atoms with Crippen LogP contribution in [0.3, 0.4) is 0 Å². The van der Waals surface area contributed by atoms with Crippen LogP contribution >= 0.6 is 0 Å². The lowest BCUT2D eigenvalue weighted by Gasteiger charge is -2.25. The van der Waals surface area contributed by atoms with Crippen LogP contribution in [0.5, 0.6) is 0 Å². The topological polar surface area (TPSA) is 70.9 Å². The van der Waals surface area contributed by atoms with Crippen molar-refractivity contribution >= 4 is 21.6 Å². The van der Waals surface area contributed by atoms with Gasteiger partial charge in [0.2, 0.25) is 10.0 Å². The zero-order valence-corrected chi connectivity index (χ0v) is 17.0. The summed E-state index contributed by atoms with van der Waals surface area (Å²) in [5, 5.41) is 2.85. The summed E-state index contributed by atoms with van der Waals surface area (Å²) in [5.74, 6) is -0.0972. The van der Waals surface area contributed by atoms with Crippen molar-refractivity contribution in [2.75, 3.05) is 32.0 Å². The summed E-state index contributed by atoms with van der Waals surface area (Å²) in [4.78, 5) is 13.6. The first-order valence-corrected chi connectivity index (χ1v) is 11.1. The van der Waals surface area contributed by atoms with Crippen LogP contribution in [0.1, 0.15) is 24.8 Å². The molecular weight excluding hydrogens is 374 g/mol. The second kappa shape index (κ2) is 9.32. The predicted octanol–water partition coefficient (Wildman–Crippen LogP) is 1.51. The zero-order chi connectivity index (χ0) is 20.0. The Morgan fingerprint density at radius 2 is 1.64 bits per heavy atom. The summed E-state index contributed by atoms with van der Waals surface area (Å²) >= 11 is 0. The maximum atomic E-state index is 12.7. The molecule has 2 N–H and O–H groups in total. The number of rotatable bonds is 7. The molecule has 0 aromatic heterocycles. The van der Waals surface area contributed by atoms with Crippen molar-refractivity contribution in [3.8, 4) is 0 Å². The minimum atomic E-state index is -3.44. The lowest BCUT2D eigenvalue weighted by molar-refractivity contribution is -0.885. The van der Waals surface area contributed by atoms with E-state index in [2.05, 4.69) is 5.32 Å². The summed E-state index contributed by atoms with van der Waals surface area (Å²) in [6.45, 7) is 2.26. The van der Waals surface area contributed by atoms with Gasteiger partial charge in [-0.1, -0.05) is 36.8 Å². The van der Waals surface area contributed by atoms with Crippen LogP contribution in [-0.4, -0.2) is 45.3 Å². The zero-order valence-electron chi connectivity index (χ0n) is 16.2. The number of carbonyl (C=O) groups excluding carboxylic acids is 1. The van der Waals surface area contributed by atoms with Gasteiger partial charge in [0.15, 0.2) is 6.54 Å². The van der Waals surface area contributed by atoms with E-state index >= 15 is 0 Å². The number of anilines is 1. The molecule has 1 amide bonds. The Morgan fingerprint density at radius 1 is 1.00 bits per heavy atom. The van der Waals surface area contributed by atoms with Gasteiger partial charge in [0.25, 0.3) is 5.91 Å². The van der Waals surface area contributed by atoms with Gasteiger partial charge >= 0.3 is 0 Å². The number of benzene rings is 2. The van der Waals surface area contributed by atoms with Gasteiger partial charge in [-0.25, -0.2) is 8.42 Å². The highest BCUT2D eigenvalue weighted by molar-refractivity contribution is 7.89. The quantitative estimate of drug-likeness (QED) is 0.738. The van der Waals surface area contributed by atoms with Gasteiger partial charge in [-0.15, -0.1) is 0 Å². The molecule has 2 aromatic carbocycles. The molecule has 0 aliphatic carbocycles. The number of quaternary nitrogens is 1. The Labute approximate surface area is 167 Å². The first kappa shape index (κ1) is 20.5. The summed E-state index contributed by atoms with van der Waals surface area (Å²) in [5.41, 5.74) is 1.79. The molecule has 2 aromatic rings. The lowest BCUT2D eigenvalue weighted by atomic mass is 10.2. The molecule has 150 valence electrons. The fourth-order valence-corrected chi connectivity index (χ4v) is 4.97. The summed E-state index contributed by atoms with van der Waals surface area (Å²) < 4.78 is 26.9. The Hall–Kier alpha value is -2.22. The molecule has 1 unspecified atom stereocenters. The number of amides is 1. The van der Waals surface area contributed by atoms with E-state index in [1.54, 1.807) is 28.6 Å². The van der Waals surface area contributed by atoms with Crippen molar-refractivity contribution in [1.29, 1.82) is 0 Å². The van der Waals surface area contributed by atoms with Gasteiger partial charge in [0.05, 0.1) is 11.9 Å². The second-order valence-corrected chi connectivity index (χ2v) is 9.27. The number of carbonyl (C=O) groups is 1. The summed E-state index contributed by atoms with van der Waals surface area (Å²) in [7, 11) is -1.47. The third-order valence-corrected chi connectivity index (χ3v) is 6.81. The smallest absolute Gasteiger partial charge is 0.279 e. The van der Waals surface area contributed by atoms with Crippen LogP contribution in [0.2, 0.25) is 0 Å². The fraction of sp³-hybridized carbons (Fsp3) is 0.381. The number of hydrogen-bond donors (Lipinski definition) is 2. The van der Waals surface area contributed by atoms with E-state index in [0.29, 0.717) is 25.3 Å². The van der Waals surface area contributed by atoms with Gasteiger partial charge < -0.3 is 10.2 Å². The van der Waals surface area contributed by atoms with E-state index in [-0.39, 0.29) is 10.8 Å². The highest BCUT2D eigenvalue weighted by atomic mass is 32.2. The Bertz CT molecular complexity index is 877. The van der Waals surface area contributed by atoms with Crippen LogP contribution in [0.4, 0.5) is 5.69 Å². The van der Waals surface area contributed by atoms with E-state index in [9.17, 15) is 13.2 Å². The maximum absolute atomic E-state index is 12.7. The maximum Gasteiger partial charge on any atom is 0.279 e.